The molecule has 3 heterocycles. The van der Waals surface area contributed by atoms with E-state index in [4.69, 9.17) is 4.74 Å². The molecule has 1 aromatic rings. The fraction of sp³-hybridized carbons (Fsp3) is 0.667. The number of thioether (sulfide) groups is 1. The highest BCUT2D eigenvalue weighted by molar-refractivity contribution is 8.00. The second-order valence-corrected chi connectivity index (χ2v) is 8.08. The summed E-state index contributed by atoms with van der Waals surface area (Å²) in [7, 11) is 1.79. The number of pyridine rings is 1. The van der Waals surface area contributed by atoms with Gasteiger partial charge in [0.25, 0.3) is 0 Å². The maximum atomic E-state index is 13.9. The van der Waals surface area contributed by atoms with E-state index in [1.54, 1.807) is 19.3 Å². The summed E-state index contributed by atoms with van der Waals surface area (Å²) in [4.78, 5) is 10.5. The van der Waals surface area contributed by atoms with Crippen LogP contribution in [0.2, 0.25) is 0 Å². The quantitative estimate of drug-likeness (QED) is 0.600. The first-order valence-electron chi connectivity index (χ1n) is 9.11. The Kier molecular flexibility index (Phi) is 6.58. The van der Waals surface area contributed by atoms with Crippen LogP contribution in [0, 0.1) is 5.82 Å². The fourth-order valence-corrected chi connectivity index (χ4v) is 4.30. The van der Waals surface area contributed by atoms with Crippen LogP contribution in [0.4, 0.5) is 10.2 Å². The molecule has 144 valence electrons. The monoisotopic (exact) mass is 381 g/mol. The number of aromatic nitrogens is 1. The van der Waals surface area contributed by atoms with Gasteiger partial charge in [-0.2, -0.15) is 11.8 Å². The predicted molar refractivity (Wildman–Crippen MR) is 106 cm³/mol. The van der Waals surface area contributed by atoms with Crippen molar-refractivity contribution in [2.75, 3.05) is 51.1 Å². The van der Waals surface area contributed by atoms with E-state index in [1.807, 2.05) is 16.7 Å². The molecule has 1 atom stereocenters. The third-order valence-corrected chi connectivity index (χ3v) is 6.62. The molecule has 0 aliphatic carbocycles. The van der Waals surface area contributed by atoms with Crippen molar-refractivity contribution in [3.8, 4) is 0 Å². The summed E-state index contributed by atoms with van der Waals surface area (Å²) in [5.74, 6) is 0.971. The zero-order valence-electron chi connectivity index (χ0n) is 15.5. The third-order valence-electron chi connectivity index (χ3n) is 5.21. The van der Waals surface area contributed by atoms with E-state index in [1.165, 1.54) is 6.07 Å². The molecule has 2 N–H and O–H groups in total. The van der Waals surface area contributed by atoms with Gasteiger partial charge >= 0.3 is 0 Å². The first kappa shape index (κ1) is 19.2. The second kappa shape index (κ2) is 8.90. The van der Waals surface area contributed by atoms with E-state index in [9.17, 15) is 4.39 Å². The number of aliphatic imine (C=N–C) groups is 1. The minimum atomic E-state index is -0.267. The zero-order chi connectivity index (χ0) is 18.4. The minimum Gasteiger partial charge on any atom is -0.381 e. The number of halogens is 1. The summed E-state index contributed by atoms with van der Waals surface area (Å²) in [5.41, 5.74) is 0. The van der Waals surface area contributed by atoms with Gasteiger partial charge in [-0.15, -0.1) is 0 Å². The number of nitrogens with zero attached hydrogens (tertiary/aromatic N) is 3. The van der Waals surface area contributed by atoms with E-state index >= 15 is 0 Å². The molecule has 2 aliphatic heterocycles. The maximum absolute atomic E-state index is 13.9. The summed E-state index contributed by atoms with van der Waals surface area (Å²) in [6.07, 6.45) is 6.83. The highest BCUT2D eigenvalue weighted by Crippen LogP contribution is 2.33. The van der Waals surface area contributed by atoms with E-state index in [0.717, 1.165) is 58.1 Å². The average Bonchev–Trinajstić information content (AvgIpc) is 3.14. The summed E-state index contributed by atoms with van der Waals surface area (Å²) < 4.78 is 19.6. The lowest BCUT2D eigenvalue weighted by Crippen LogP contribution is -2.50. The molecule has 2 saturated heterocycles. The van der Waals surface area contributed by atoms with Crippen molar-refractivity contribution in [2.45, 2.75) is 30.1 Å². The van der Waals surface area contributed by atoms with Gasteiger partial charge in [0.2, 0.25) is 0 Å². The second-order valence-electron chi connectivity index (χ2n) is 6.81. The molecular formula is C18H28FN5OS. The summed E-state index contributed by atoms with van der Waals surface area (Å²) in [6, 6.07) is 3.30. The molecule has 6 nitrogen and oxygen atoms in total. The number of guanidine groups is 1. The lowest BCUT2D eigenvalue weighted by atomic mass is 9.99. The fourth-order valence-electron chi connectivity index (χ4n) is 3.51. The first-order valence-corrected chi connectivity index (χ1v) is 10.3. The van der Waals surface area contributed by atoms with Crippen LogP contribution < -0.4 is 15.5 Å². The van der Waals surface area contributed by atoms with Crippen molar-refractivity contribution >= 4 is 23.5 Å². The number of rotatable bonds is 5. The lowest BCUT2D eigenvalue weighted by molar-refractivity contribution is 0.0782. The largest absolute Gasteiger partial charge is 0.381 e. The van der Waals surface area contributed by atoms with Crippen LogP contribution in [-0.2, 0) is 4.74 Å². The highest BCUT2D eigenvalue weighted by Gasteiger charge is 2.32. The molecule has 0 amide bonds. The van der Waals surface area contributed by atoms with E-state index in [0.29, 0.717) is 5.82 Å². The van der Waals surface area contributed by atoms with E-state index in [-0.39, 0.29) is 16.6 Å². The molecular weight excluding hydrogens is 353 g/mol. The van der Waals surface area contributed by atoms with Crippen LogP contribution in [0.25, 0.3) is 0 Å². The Morgan fingerprint density at radius 1 is 1.50 bits per heavy atom. The predicted octanol–water partition coefficient (Wildman–Crippen LogP) is 1.88. The molecule has 1 unspecified atom stereocenters. The van der Waals surface area contributed by atoms with Crippen LogP contribution in [0.1, 0.15) is 19.3 Å². The number of hydrogen-bond acceptors (Lipinski definition) is 5. The first-order chi connectivity index (χ1) is 12.7. The normalized spacial score (nSPS) is 23.1. The molecule has 0 spiro atoms. The van der Waals surface area contributed by atoms with Crippen molar-refractivity contribution in [1.29, 1.82) is 0 Å². The van der Waals surface area contributed by atoms with Gasteiger partial charge in [0.05, 0.1) is 0 Å². The van der Waals surface area contributed by atoms with Gasteiger partial charge in [0, 0.05) is 56.9 Å². The average molecular weight is 382 g/mol. The summed E-state index contributed by atoms with van der Waals surface area (Å²) in [5, 5.41) is 6.95. The standard InChI is InChI=1S/C18H28FN5OS/c1-20-17(22-13-18(26-2)6-10-25-11-7-18)23-14-5-9-24(12-14)16-15(19)4-3-8-21-16/h3-4,8,14H,5-7,9-13H2,1-2H3,(H2,20,22,23). The number of ether oxygens (including phenoxy) is 1. The molecule has 1 aromatic heterocycles. The van der Waals surface area contributed by atoms with Crippen molar-refractivity contribution < 1.29 is 9.13 Å². The SMILES string of the molecule is CN=C(NCC1(SC)CCOCC1)NC1CCN(c2ncccc2F)C1. The Hall–Kier alpha value is -1.54. The lowest BCUT2D eigenvalue weighted by Gasteiger charge is -2.36. The van der Waals surface area contributed by atoms with Crippen LogP contribution in [-0.4, -0.2) is 67.9 Å². The number of anilines is 1. The van der Waals surface area contributed by atoms with Crippen LogP contribution in [0.15, 0.2) is 23.3 Å². The summed E-state index contributed by atoms with van der Waals surface area (Å²) >= 11 is 1.90. The van der Waals surface area contributed by atoms with Gasteiger partial charge in [-0.1, -0.05) is 0 Å². The smallest absolute Gasteiger partial charge is 0.191 e. The minimum absolute atomic E-state index is 0.203. The molecule has 2 fully saturated rings. The molecule has 0 aromatic carbocycles. The molecule has 2 aliphatic rings. The molecule has 0 radical (unpaired) electrons. The van der Waals surface area contributed by atoms with Gasteiger partial charge in [-0.05, 0) is 37.7 Å². The molecule has 0 saturated carbocycles. The highest BCUT2D eigenvalue weighted by atomic mass is 32.2. The molecule has 0 bridgehead atoms. The Morgan fingerprint density at radius 3 is 3.00 bits per heavy atom. The van der Waals surface area contributed by atoms with Crippen molar-refractivity contribution in [2.24, 2.45) is 4.99 Å². The molecule has 8 heteroatoms. The Bertz CT molecular complexity index is 623. The summed E-state index contributed by atoms with van der Waals surface area (Å²) in [6.45, 7) is 4.01. The van der Waals surface area contributed by atoms with E-state index < -0.39 is 0 Å². The third kappa shape index (κ3) is 4.59. The van der Waals surface area contributed by atoms with Crippen LogP contribution >= 0.6 is 11.8 Å². The van der Waals surface area contributed by atoms with Crippen LogP contribution in [0.5, 0.6) is 0 Å². The Labute approximate surface area is 159 Å². The molecule has 3 rings (SSSR count). The van der Waals surface area contributed by atoms with Crippen molar-refractivity contribution in [1.82, 2.24) is 15.6 Å². The topological polar surface area (TPSA) is 61.8 Å². The van der Waals surface area contributed by atoms with Crippen molar-refractivity contribution in [3.05, 3.63) is 24.1 Å². The van der Waals surface area contributed by atoms with Gasteiger partial charge in [-0.3, -0.25) is 4.99 Å². The maximum Gasteiger partial charge on any atom is 0.191 e. The molecule has 26 heavy (non-hydrogen) atoms. The van der Waals surface area contributed by atoms with Gasteiger partial charge < -0.3 is 20.3 Å². The van der Waals surface area contributed by atoms with Gasteiger partial charge in [0.15, 0.2) is 17.6 Å². The van der Waals surface area contributed by atoms with Crippen LogP contribution in [0.3, 0.4) is 0 Å². The van der Waals surface area contributed by atoms with E-state index in [2.05, 4.69) is 26.9 Å². The Morgan fingerprint density at radius 2 is 2.31 bits per heavy atom. The zero-order valence-corrected chi connectivity index (χ0v) is 16.3. The number of nitrogens with one attached hydrogen (secondary N) is 2. The van der Waals surface area contributed by atoms with Crippen molar-refractivity contribution in [3.63, 3.8) is 0 Å². The Balaban J connectivity index is 1.52. The van der Waals surface area contributed by atoms with Gasteiger partial charge in [-0.25, -0.2) is 9.37 Å². The van der Waals surface area contributed by atoms with Gasteiger partial charge in [0.1, 0.15) is 0 Å². The number of hydrogen-bond donors (Lipinski definition) is 2.